The summed E-state index contributed by atoms with van der Waals surface area (Å²) in [6, 6.07) is 3.19. The second-order valence-electron chi connectivity index (χ2n) is 4.51. The Hall–Kier alpha value is -1.95. The Bertz CT molecular complexity index is 476. The van der Waals surface area contributed by atoms with Crippen LogP contribution in [0.2, 0.25) is 0 Å². The highest BCUT2D eigenvalue weighted by molar-refractivity contribution is 6.01. The molecule has 0 saturated carbocycles. The van der Waals surface area contributed by atoms with E-state index in [9.17, 15) is 4.79 Å². The summed E-state index contributed by atoms with van der Waals surface area (Å²) in [6.07, 6.45) is 0. The molecule has 1 atom stereocenters. The number of anilines is 1. The Balaban J connectivity index is 3.14. The first-order valence-corrected chi connectivity index (χ1v) is 6.23. The summed E-state index contributed by atoms with van der Waals surface area (Å²) in [4.78, 5) is 14.1. The average Bonchev–Trinajstić information content (AvgIpc) is 2.46. The third kappa shape index (κ3) is 3.33. The number of nitrogens with two attached hydrogens (primary N) is 1. The van der Waals surface area contributed by atoms with Gasteiger partial charge in [0.1, 0.15) is 11.5 Å². The number of likely N-dealkylation sites (N-methyl/N-ethyl adjacent to an activating group) is 1. The molecule has 0 aliphatic rings. The highest BCUT2D eigenvalue weighted by atomic mass is 16.5. The smallest absolute Gasteiger partial charge is 0.256 e. The molecule has 0 aromatic heterocycles. The second kappa shape index (κ2) is 7.00. The van der Waals surface area contributed by atoms with Crippen molar-refractivity contribution in [2.45, 2.75) is 13.0 Å². The summed E-state index contributed by atoms with van der Waals surface area (Å²) in [5, 5.41) is 0. The maximum Gasteiger partial charge on any atom is 0.256 e. The molecule has 6 heteroatoms. The number of carbonyl (C=O) groups is 1. The van der Waals surface area contributed by atoms with Crippen molar-refractivity contribution in [3.63, 3.8) is 0 Å². The maximum absolute atomic E-state index is 12.5. The normalized spacial score (nSPS) is 11.8. The zero-order valence-corrected chi connectivity index (χ0v) is 12.6. The quantitative estimate of drug-likeness (QED) is 0.798. The SMILES string of the molecule is COCC(C)N(C)C(=O)c1cc(OC)cc(OC)c1N. The Morgan fingerprint density at radius 1 is 1.30 bits per heavy atom. The van der Waals surface area contributed by atoms with Crippen LogP contribution in [0.1, 0.15) is 17.3 Å². The molecule has 1 amide bonds. The number of benzene rings is 1. The molecule has 0 fully saturated rings. The van der Waals surface area contributed by atoms with Crippen molar-refractivity contribution in [2.24, 2.45) is 0 Å². The number of rotatable bonds is 6. The Labute approximate surface area is 119 Å². The number of ether oxygens (including phenoxy) is 3. The molecule has 1 aromatic rings. The highest BCUT2D eigenvalue weighted by Crippen LogP contribution is 2.31. The van der Waals surface area contributed by atoms with Gasteiger partial charge in [0.2, 0.25) is 0 Å². The van der Waals surface area contributed by atoms with Crippen LogP contribution in [0.15, 0.2) is 12.1 Å². The van der Waals surface area contributed by atoms with E-state index in [1.165, 1.54) is 14.2 Å². The topological polar surface area (TPSA) is 74.0 Å². The molecule has 112 valence electrons. The number of amides is 1. The van der Waals surface area contributed by atoms with E-state index < -0.39 is 0 Å². The lowest BCUT2D eigenvalue weighted by Crippen LogP contribution is -2.38. The standard InChI is InChI=1S/C14H22N2O4/c1-9(8-18-3)16(2)14(17)11-6-10(19-4)7-12(20-5)13(11)15/h6-7,9H,8,15H2,1-5H3. The predicted molar refractivity (Wildman–Crippen MR) is 77.4 cm³/mol. The van der Waals surface area contributed by atoms with Gasteiger partial charge in [0, 0.05) is 20.2 Å². The van der Waals surface area contributed by atoms with E-state index in [1.54, 1.807) is 31.2 Å². The van der Waals surface area contributed by atoms with E-state index in [4.69, 9.17) is 19.9 Å². The van der Waals surface area contributed by atoms with E-state index in [-0.39, 0.29) is 11.9 Å². The van der Waals surface area contributed by atoms with Crippen molar-refractivity contribution in [3.8, 4) is 11.5 Å². The maximum atomic E-state index is 12.5. The van der Waals surface area contributed by atoms with Crippen LogP contribution in [0.3, 0.4) is 0 Å². The molecule has 0 bridgehead atoms. The van der Waals surface area contributed by atoms with Gasteiger partial charge >= 0.3 is 0 Å². The number of nitrogen functional groups attached to an aromatic ring is 1. The summed E-state index contributed by atoms with van der Waals surface area (Å²) < 4.78 is 15.4. The van der Waals surface area contributed by atoms with Crippen molar-refractivity contribution >= 4 is 11.6 Å². The predicted octanol–water partition coefficient (Wildman–Crippen LogP) is 1.39. The van der Waals surface area contributed by atoms with E-state index in [2.05, 4.69) is 0 Å². The van der Waals surface area contributed by atoms with Gasteiger partial charge in [0.15, 0.2) is 0 Å². The third-order valence-corrected chi connectivity index (χ3v) is 3.19. The van der Waals surface area contributed by atoms with Gasteiger partial charge in [-0.3, -0.25) is 4.79 Å². The van der Waals surface area contributed by atoms with Crippen LogP contribution in [0.4, 0.5) is 5.69 Å². The van der Waals surface area contributed by atoms with Gasteiger partial charge in [-0.2, -0.15) is 0 Å². The Morgan fingerprint density at radius 2 is 1.95 bits per heavy atom. The van der Waals surface area contributed by atoms with Gasteiger partial charge in [0.05, 0.1) is 38.1 Å². The molecule has 20 heavy (non-hydrogen) atoms. The van der Waals surface area contributed by atoms with Crippen LogP contribution in [0, 0.1) is 0 Å². The van der Waals surface area contributed by atoms with Crippen molar-refractivity contribution in [3.05, 3.63) is 17.7 Å². The fourth-order valence-corrected chi connectivity index (χ4v) is 1.81. The summed E-state index contributed by atoms with van der Waals surface area (Å²) in [5.41, 5.74) is 6.63. The van der Waals surface area contributed by atoms with E-state index in [0.29, 0.717) is 29.4 Å². The number of hydrogen-bond acceptors (Lipinski definition) is 5. The average molecular weight is 282 g/mol. The van der Waals surface area contributed by atoms with E-state index >= 15 is 0 Å². The Kier molecular flexibility index (Phi) is 5.64. The number of methoxy groups -OCH3 is 3. The van der Waals surface area contributed by atoms with Gasteiger partial charge in [-0.25, -0.2) is 0 Å². The molecular weight excluding hydrogens is 260 g/mol. The third-order valence-electron chi connectivity index (χ3n) is 3.19. The summed E-state index contributed by atoms with van der Waals surface area (Å²) in [7, 11) is 6.32. The van der Waals surface area contributed by atoms with Crippen molar-refractivity contribution in [1.29, 1.82) is 0 Å². The van der Waals surface area contributed by atoms with Gasteiger partial charge < -0.3 is 24.8 Å². The molecule has 1 rings (SSSR count). The summed E-state index contributed by atoms with van der Waals surface area (Å²) in [6.45, 7) is 2.35. The summed E-state index contributed by atoms with van der Waals surface area (Å²) in [5.74, 6) is 0.733. The van der Waals surface area contributed by atoms with Crippen molar-refractivity contribution in [2.75, 3.05) is 40.7 Å². The first-order valence-electron chi connectivity index (χ1n) is 6.23. The van der Waals surface area contributed by atoms with Crippen LogP contribution in [-0.4, -0.2) is 51.8 Å². The first-order chi connectivity index (χ1) is 9.46. The van der Waals surface area contributed by atoms with Gasteiger partial charge in [-0.1, -0.05) is 0 Å². The van der Waals surface area contributed by atoms with Crippen LogP contribution in [-0.2, 0) is 4.74 Å². The molecule has 0 radical (unpaired) electrons. The molecule has 0 heterocycles. The van der Waals surface area contributed by atoms with Crippen LogP contribution >= 0.6 is 0 Å². The molecular formula is C14H22N2O4. The van der Waals surface area contributed by atoms with Crippen molar-refractivity contribution in [1.82, 2.24) is 4.90 Å². The van der Waals surface area contributed by atoms with E-state index in [0.717, 1.165) is 0 Å². The largest absolute Gasteiger partial charge is 0.497 e. The number of hydrogen-bond donors (Lipinski definition) is 1. The fraction of sp³-hybridized carbons (Fsp3) is 0.500. The molecule has 0 aliphatic heterocycles. The van der Waals surface area contributed by atoms with Gasteiger partial charge in [-0.05, 0) is 13.0 Å². The minimum Gasteiger partial charge on any atom is -0.497 e. The molecule has 0 saturated heterocycles. The summed E-state index contributed by atoms with van der Waals surface area (Å²) >= 11 is 0. The monoisotopic (exact) mass is 282 g/mol. The Morgan fingerprint density at radius 3 is 2.45 bits per heavy atom. The zero-order valence-electron chi connectivity index (χ0n) is 12.6. The van der Waals surface area contributed by atoms with Gasteiger partial charge in [0.25, 0.3) is 5.91 Å². The van der Waals surface area contributed by atoms with E-state index in [1.807, 2.05) is 6.92 Å². The lowest BCUT2D eigenvalue weighted by Gasteiger charge is -2.25. The fourth-order valence-electron chi connectivity index (χ4n) is 1.81. The van der Waals surface area contributed by atoms with Crippen LogP contribution in [0.25, 0.3) is 0 Å². The number of nitrogens with zero attached hydrogens (tertiary/aromatic N) is 1. The molecule has 2 N–H and O–H groups in total. The zero-order chi connectivity index (χ0) is 15.3. The lowest BCUT2D eigenvalue weighted by atomic mass is 10.1. The molecule has 1 unspecified atom stereocenters. The molecule has 0 spiro atoms. The lowest BCUT2D eigenvalue weighted by molar-refractivity contribution is 0.0634. The van der Waals surface area contributed by atoms with Crippen LogP contribution in [0.5, 0.6) is 11.5 Å². The van der Waals surface area contributed by atoms with Gasteiger partial charge in [-0.15, -0.1) is 0 Å². The molecule has 1 aromatic carbocycles. The van der Waals surface area contributed by atoms with Crippen LogP contribution < -0.4 is 15.2 Å². The number of carbonyl (C=O) groups excluding carboxylic acids is 1. The minimum absolute atomic E-state index is 0.0657. The molecule has 0 aliphatic carbocycles. The highest BCUT2D eigenvalue weighted by Gasteiger charge is 2.22. The second-order valence-corrected chi connectivity index (χ2v) is 4.51. The van der Waals surface area contributed by atoms with Crippen molar-refractivity contribution < 1.29 is 19.0 Å². The minimum atomic E-state index is -0.204. The molecule has 6 nitrogen and oxygen atoms in total. The first kappa shape index (κ1) is 16.1.